The van der Waals surface area contributed by atoms with Gasteiger partial charge in [0.15, 0.2) is 10.9 Å². The standard InChI is InChI=1S/C24H15Br2NO4S/c1-2-3-6-27-23(30)17-8-15-16(9-18(17)24(27)31)21(29)14-7-11(4-5-12(14)20(15)28)13-10-19(25)32-22(13)26/h4-5,7-10H,2-3,6H2,1H3. The number of hydrogen-bond donors (Lipinski definition) is 0. The third-order valence-corrected chi connectivity index (χ3v) is 8.15. The molecule has 0 aliphatic rings. The Labute approximate surface area is 201 Å². The Kier molecular flexibility index (Phi) is 5.27. The van der Waals surface area contributed by atoms with E-state index in [1.165, 1.54) is 28.0 Å². The predicted octanol–water partition coefficient (Wildman–Crippen LogP) is 5.32. The summed E-state index contributed by atoms with van der Waals surface area (Å²) in [5.74, 6) is 0. The summed E-state index contributed by atoms with van der Waals surface area (Å²) in [6.45, 7) is 2.30. The Hall–Kier alpha value is -2.42. The maximum absolute atomic E-state index is 13.4. The Morgan fingerprint density at radius 2 is 1.38 bits per heavy atom. The topological polar surface area (TPSA) is 73.2 Å². The van der Waals surface area contributed by atoms with Crippen LogP contribution in [-0.4, -0.2) is 4.57 Å². The zero-order chi connectivity index (χ0) is 22.7. The van der Waals surface area contributed by atoms with Crippen molar-refractivity contribution in [2.75, 3.05) is 0 Å². The van der Waals surface area contributed by atoms with Crippen LogP contribution >= 0.6 is 43.2 Å². The second kappa shape index (κ2) is 7.86. The molecule has 0 fully saturated rings. The first kappa shape index (κ1) is 21.4. The molecule has 32 heavy (non-hydrogen) atoms. The summed E-state index contributed by atoms with van der Waals surface area (Å²) in [4.78, 5) is 52.2. The van der Waals surface area contributed by atoms with E-state index >= 15 is 0 Å². The number of fused-ring (bicyclic) bond motifs is 3. The maximum atomic E-state index is 13.4. The smallest absolute Gasteiger partial charge is 0.261 e. The second-order valence-electron chi connectivity index (χ2n) is 7.72. The van der Waals surface area contributed by atoms with Crippen molar-refractivity contribution in [2.24, 2.45) is 0 Å². The number of unbranched alkanes of at least 4 members (excludes halogenated alkanes) is 1. The first-order valence-corrected chi connectivity index (χ1v) is 12.4. The first-order valence-electron chi connectivity index (χ1n) is 10.0. The Morgan fingerprint density at radius 3 is 1.94 bits per heavy atom. The van der Waals surface area contributed by atoms with Crippen LogP contribution < -0.4 is 22.0 Å². The minimum absolute atomic E-state index is 0.169. The summed E-state index contributed by atoms with van der Waals surface area (Å²) in [5.41, 5.74) is 0.264. The molecule has 160 valence electrons. The largest absolute Gasteiger partial charge is 0.289 e. The van der Waals surface area contributed by atoms with Crippen LogP contribution in [0.2, 0.25) is 0 Å². The van der Waals surface area contributed by atoms with Crippen LogP contribution in [0.15, 0.2) is 63.1 Å². The van der Waals surface area contributed by atoms with Gasteiger partial charge < -0.3 is 0 Å². The molecular formula is C24H15Br2NO4S. The molecule has 0 spiro atoms. The van der Waals surface area contributed by atoms with Crippen LogP contribution in [0.4, 0.5) is 0 Å². The van der Waals surface area contributed by atoms with Crippen molar-refractivity contribution in [2.45, 2.75) is 26.3 Å². The van der Waals surface area contributed by atoms with Gasteiger partial charge in [-0.2, -0.15) is 0 Å². The van der Waals surface area contributed by atoms with Gasteiger partial charge >= 0.3 is 0 Å². The van der Waals surface area contributed by atoms with Gasteiger partial charge in [-0.3, -0.25) is 23.7 Å². The fourth-order valence-electron chi connectivity index (χ4n) is 4.16. The van der Waals surface area contributed by atoms with Crippen LogP contribution in [0.25, 0.3) is 43.4 Å². The molecule has 0 amide bonds. The van der Waals surface area contributed by atoms with E-state index in [-0.39, 0.29) is 32.4 Å². The minimum atomic E-state index is -0.409. The molecule has 2 aromatic heterocycles. The zero-order valence-corrected chi connectivity index (χ0v) is 20.8. The van der Waals surface area contributed by atoms with Crippen molar-refractivity contribution >= 4 is 75.5 Å². The van der Waals surface area contributed by atoms with Crippen molar-refractivity contribution in [1.29, 1.82) is 0 Å². The van der Waals surface area contributed by atoms with Gasteiger partial charge in [-0.05, 0) is 74.2 Å². The van der Waals surface area contributed by atoms with Crippen molar-refractivity contribution in [1.82, 2.24) is 4.57 Å². The van der Waals surface area contributed by atoms with Crippen LogP contribution in [0.3, 0.4) is 0 Å². The van der Waals surface area contributed by atoms with Gasteiger partial charge in [0.2, 0.25) is 0 Å². The van der Waals surface area contributed by atoms with Crippen LogP contribution in [0.5, 0.6) is 0 Å². The average Bonchev–Trinajstić information content (AvgIpc) is 3.24. The summed E-state index contributed by atoms with van der Waals surface area (Å²) in [6, 6.07) is 9.96. The van der Waals surface area contributed by atoms with Crippen molar-refractivity contribution in [3.63, 3.8) is 0 Å². The van der Waals surface area contributed by atoms with Crippen molar-refractivity contribution in [3.8, 4) is 11.1 Å². The average molecular weight is 573 g/mol. The third kappa shape index (κ3) is 3.16. The molecule has 3 aromatic carbocycles. The third-order valence-electron chi connectivity index (χ3n) is 5.81. The van der Waals surface area contributed by atoms with E-state index in [4.69, 9.17) is 0 Å². The molecule has 5 aromatic rings. The Morgan fingerprint density at radius 1 is 0.781 bits per heavy atom. The van der Waals surface area contributed by atoms with Crippen LogP contribution in [0, 0.1) is 0 Å². The molecule has 0 bridgehead atoms. The summed E-state index contributed by atoms with van der Waals surface area (Å²) in [7, 11) is 0. The van der Waals surface area contributed by atoms with E-state index in [1.807, 2.05) is 19.1 Å². The van der Waals surface area contributed by atoms with Crippen LogP contribution in [0.1, 0.15) is 19.8 Å². The number of hydrogen-bond acceptors (Lipinski definition) is 5. The molecule has 8 heteroatoms. The number of nitrogens with zero attached hydrogens (tertiary/aromatic N) is 1. The summed E-state index contributed by atoms with van der Waals surface area (Å²) in [6.07, 6.45) is 1.54. The molecular weight excluding hydrogens is 558 g/mol. The predicted molar refractivity (Wildman–Crippen MR) is 138 cm³/mol. The highest BCUT2D eigenvalue weighted by Gasteiger charge is 2.18. The fourth-order valence-corrected chi connectivity index (χ4v) is 7.02. The molecule has 0 radical (unpaired) electrons. The lowest BCUT2D eigenvalue weighted by Crippen LogP contribution is -2.25. The van der Waals surface area contributed by atoms with E-state index in [9.17, 15) is 19.2 Å². The van der Waals surface area contributed by atoms with Gasteiger partial charge in [0, 0.05) is 33.7 Å². The number of rotatable bonds is 4. The molecule has 0 aliphatic carbocycles. The quantitative estimate of drug-likeness (QED) is 0.273. The van der Waals surface area contributed by atoms with E-state index in [0.717, 1.165) is 25.1 Å². The highest BCUT2D eigenvalue weighted by atomic mass is 79.9. The Bertz CT molecular complexity index is 1770. The number of aromatic nitrogens is 1. The second-order valence-corrected chi connectivity index (χ2v) is 11.5. The lowest BCUT2D eigenvalue weighted by atomic mass is 9.97. The van der Waals surface area contributed by atoms with Crippen LogP contribution in [-0.2, 0) is 6.54 Å². The normalized spacial score (nSPS) is 11.8. The van der Waals surface area contributed by atoms with E-state index < -0.39 is 11.1 Å². The number of thiophene rings is 1. The maximum Gasteiger partial charge on any atom is 0.261 e. The van der Waals surface area contributed by atoms with Gasteiger partial charge in [-0.25, -0.2) is 0 Å². The molecule has 0 aliphatic heterocycles. The van der Waals surface area contributed by atoms with E-state index in [2.05, 4.69) is 31.9 Å². The number of halogens is 2. The van der Waals surface area contributed by atoms with Crippen molar-refractivity contribution < 1.29 is 0 Å². The molecule has 2 heterocycles. The molecule has 5 nitrogen and oxygen atoms in total. The molecule has 0 saturated heterocycles. The first-order chi connectivity index (χ1) is 15.3. The minimum Gasteiger partial charge on any atom is -0.289 e. The van der Waals surface area contributed by atoms with Gasteiger partial charge in [0.25, 0.3) is 11.1 Å². The summed E-state index contributed by atoms with van der Waals surface area (Å²) < 4.78 is 3.05. The van der Waals surface area contributed by atoms with Gasteiger partial charge in [-0.1, -0.05) is 19.4 Å². The molecule has 0 unspecified atom stereocenters. The monoisotopic (exact) mass is 571 g/mol. The Balaban J connectivity index is 1.85. The highest BCUT2D eigenvalue weighted by molar-refractivity contribution is 9.12. The van der Waals surface area contributed by atoms with Gasteiger partial charge in [0.1, 0.15) is 0 Å². The highest BCUT2D eigenvalue weighted by Crippen LogP contribution is 2.39. The van der Waals surface area contributed by atoms with E-state index in [0.29, 0.717) is 23.7 Å². The lowest BCUT2D eigenvalue weighted by molar-refractivity contribution is 0.609. The summed E-state index contributed by atoms with van der Waals surface area (Å²) in [5, 5.41) is 1.33. The molecule has 0 atom stereocenters. The summed E-state index contributed by atoms with van der Waals surface area (Å²) >= 11 is 8.51. The lowest BCUT2D eigenvalue weighted by Gasteiger charge is -2.04. The van der Waals surface area contributed by atoms with Crippen molar-refractivity contribution in [3.05, 3.63) is 85.1 Å². The fraction of sp³-hybridized carbons (Fsp3) is 0.167. The SMILES string of the molecule is CCCCn1c(=O)c2cc3c(=O)c4ccc(-c5cc(Br)sc5Br)cc4c(=O)c3cc2c1=O. The molecule has 5 rings (SSSR count). The molecule has 0 N–H and O–H groups in total. The van der Waals surface area contributed by atoms with Gasteiger partial charge in [0.05, 0.1) is 18.3 Å². The zero-order valence-electron chi connectivity index (χ0n) is 16.8. The van der Waals surface area contributed by atoms with E-state index in [1.54, 1.807) is 12.1 Å². The molecule has 0 saturated carbocycles. The van der Waals surface area contributed by atoms with Gasteiger partial charge in [-0.15, -0.1) is 11.3 Å². The number of benzene rings is 3.